The first-order valence-electron chi connectivity index (χ1n) is 5.95. The molecule has 1 N–H and O–H groups in total. The summed E-state index contributed by atoms with van der Waals surface area (Å²) in [4.78, 5) is 11.3. The molecular weight excluding hydrogens is 216 g/mol. The van der Waals surface area contributed by atoms with Gasteiger partial charge in [-0.25, -0.2) is 4.79 Å². The molecule has 0 saturated heterocycles. The minimum Gasteiger partial charge on any atom is -0.462 e. The van der Waals surface area contributed by atoms with Crippen molar-refractivity contribution < 1.29 is 14.6 Å². The lowest BCUT2D eigenvalue weighted by molar-refractivity contribution is -0.144. The fourth-order valence-corrected chi connectivity index (χ4v) is 1.54. The number of aliphatic hydroxyl groups is 1. The van der Waals surface area contributed by atoms with E-state index in [0.717, 1.165) is 0 Å². The van der Waals surface area contributed by atoms with Crippen LogP contribution in [0.2, 0.25) is 0 Å². The number of esters is 1. The molecule has 3 nitrogen and oxygen atoms in total. The molecular formula is C14H24O3. The Morgan fingerprint density at radius 3 is 2.41 bits per heavy atom. The number of ether oxygens (including phenoxy) is 1. The monoisotopic (exact) mass is 240 g/mol. The number of aliphatic hydroxyl groups excluding tert-OH is 1. The van der Waals surface area contributed by atoms with Crippen LogP contribution in [-0.2, 0) is 9.53 Å². The topological polar surface area (TPSA) is 46.5 Å². The van der Waals surface area contributed by atoms with Crippen molar-refractivity contribution in [1.82, 2.24) is 0 Å². The molecule has 0 aliphatic heterocycles. The van der Waals surface area contributed by atoms with E-state index in [9.17, 15) is 9.90 Å². The standard InChI is InChI=1S/C14H24O3/c1-6-7-8-9-12(15)17-10-14(4,5)13(16)11(2)3/h6-9,11,13,16H,10H2,1-5H3/b7-6+,9-8+. The van der Waals surface area contributed by atoms with Crippen LogP contribution in [0.5, 0.6) is 0 Å². The Morgan fingerprint density at radius 1 is 1.35 bits per heavy atom. The Labute approximate surface area is 104 Å². The molecule has 0 saturated carbocycles. The average molecular weight is 240 g/mol. The zero-order chi connectivity index (χ0) is 13.5. The highest BCUT2D eigenvalue weighted by molar-refractivity contribution is 5.82. The molecule has 98 valence electrons. The van der Waals surface area contributed by atoms with Gasteiger partial charge in [-0.2, -0.15) is 0 Å². The summed E-state index contributed by atoms with van der Waals surface area (Å²) in [5, 5.41) is 9.96. The van der Waals surface area contributed by atoms with Crippen LogP contribution in [0, 0.1) is 11.3 Å². The zero-order valence-corrected chi connectivity index (χ0v) is 11.4. The van der Waals surface area contributed by atoms with Gasteiger partial charge >= 0.3 is 5.97 Å². The number of hydrogen-bond acceptors (Lipinski definition) is 3. The zero-order valence-electron chi connectivity index (χ0n) is 11.4. The largest absolute Gasteiger partial charge is 0.462 e. The van der Waals surface area contributed by atoms with Crippen molar-refractivity contribution in [2.75, 3.05) is 6.61 Å². The van der Waals surface area contributed by atoms with Crippen molar-refractivity contribution in [2.45, 2.75) is 40.7 Å². The second kappa shape index (κ2) is 7.28. The van der Waals surface area contributed by atoms with E-state index < -0.39 is 11.5 Å². The third kappa shape index (κ3) is 6.27. The molecule has 0 bridgehead atoms. The highest BCUT2D eigenvalue weighted by Gasteiger charge is 2.31. The van der Waals surface area contributed by atoms with Crippen LogP contribution in [-0.4, -0.2) is 23.8 Å². The van der Waals surface area contributed by atoms with E-state index in [1.807, 2.05) is 40.7 Å². The maximum atomic E-state index is 11.3. The van der Waals surface area contributed by atoms with Crippen LogP contribution in [0.3, 0.4) is 0 Å². The highest BCUT2D eigenvalue weighted by Crippen LogP contribution is 2.26. The Balaban J connectivity index is 4.22. The third-order valence-electron chi connectivity index (χ3n) is 2.55. The van der Waals surface area contributed by atoms with Crippen LogP contribution in [0.1, 0.15) is 34.6 Å². The van der Waals surface area contributed by atoms with Crippen LogP contribution in [0.15, 0.2) is 24.3 Å². The van der Waals surface area contributed by atoms with Crippen molar-refractivity contribution >= 4 is 5.97 Å². The average Bonchev–Trinajstić information content (AvgIpc) is 2.25. The molecule has 0 aromatic rings. The molecule has 0 fully saturated rings. The maximum absolute atomic E-state index is 11.3. The molecule has 1 unspecified atom stereocenters. The minimum absolute atomic E-state index is 0.141. The first kappa shape index (κ1) is 15.9. The summed E-state index contributed by atoms with van der Waals surface area (Å²) >= 11 is 0. The van der Waals surface area contributed by atoms with Crippen LogP contribution in [0.25, 0.3) is 0 Å². The quantitative estimate of drug-likeness (QED) is 0.441. The second-order valence-electron chi connectivity index (χ2n) is 5.17. The van der Waals surface area contributed by atoms with E-state index in [1.54, 1.807) is 12.2 Å². The number of allylic oxidation sites excluding steroid dienone is 3. The van der Waals surface area contributed by atoms with Gasteiger partial charge in [-0.05, 0) is 12.8 Å². The molecule has 0 aromatic heterocycles. The van der Waals surface area contributed by atoms with Gasteiger partial charge in [-0.15, -0.1) is 0 Å². The molecule has 0 rings (SSSR count). The Morgan fingerprint density at radius 2 is 1.94 bits per heavy atom. The summed E-state index contributed by atoms with van der Waals surface area (Å²) in [6.45, 7) is 9.75. The molecule has 0 spiro atoms. The summed E-state index contributed by atoms with van der Waals surface area (Å²) < 4.78 is 5.11. The number of hydrogen-bond donors (Lipinski definition) is 1. The van der Waals surface area contributed by atoms with Crippen LogP contribution in [0.4, 0.5) is 0 Å². The van der Waals surface area contributed by atoms with Crippen molar-refractivity contribution in [2.24, 2.45) is 11.3 Å². The minimum atomic E-state index is -0.491. The summed E-state index contributed by atoms with van der Waals surface area (Å²) in [6.07, 6.45) is 6.10. The Kier molecular flexibility index (Phi) is 6.81. The van der Waals surface area contributed by atoms with Gasteiger partial charge in [-0.1, -0.05) is 45.9 Å². The molecule has 3 heteroatoms. The van der Waals surface area contributed by atoms with Gasteiger partial charge in [0.2, 0.25) is 0 Å². The first-order chi connectivity index (χ1) is 7.81. The third-order valence-corrected chi connectivity index (χ3v) is 2.55. The van der Waals surface area contributed by atoms with Crippen molar-refractivity contribution in [3.8, 4) is 0 Å². The maximum Gasteiger partial charge on any atom is 0.330 e. The SMILES string of the molecule is C/C=C/C=C/C(=O)OCC(C)(C)C(O)C(C)C. The van der Waals surface area contributed by atoms with Gasteiger partial charge in [0.15, 0.2) is 0 Å². The van der Waals surface area contributed by atoms with E-state index in [1.165, 1.54) is 6.08 Å². The molecule has 0 aromatic carbocycles. The van der Waals surface area contributed by atoms with E-state index in [0.29, 0.717) is 0 Å². The van der Waals surface area contributed by atoms with Gasteiger partial charge in [0.1, 0.15) is 0 Å². The van der Waals surface area contributed by atoms with Gasteiger partial charge in [0, 0.05) is 11.5 Å². The molecule has 0 radical (unpaired) electrons. The number of carbonyl (C=O) groups is 1. The lowest BCUT2D eigenvalue weighted by Gasteiger charge is -2.32. The Hall–Kier alpha value is -1.09. The molecule has 17 heavy (non-hydrogen) atoms. The van der Waals surface area contributed by atoms with E-state index in [4.69, 9.17) is 4.74 Å². The van der Waals surface area contributed by atoms with Crippen molar-refractivity contribution in [3.63, 3.8) is 0 Å². The molecule has 1 atom stereocenters. The summed E-state index contributed by atoms with van der Waals surface area (Å²) in [6, 6.07) is 0. The number of carbonyl (C=O) groups excluding carboxylic acids is 1. The van der Waals surface area contributed by atoms with Gasteiger partial charge in [-0.3, -0.25) is 0 Å². The fourth-order valence-electron chi connectivity index (χ4n) is 1.54. The van der Waals surface area contributed by atoms with Crippen molar-refractivity contribution in [1.29, 1.82) is 0 Å². The van der Waals surface area contributed by atoms with E-state index in [2.05, 4.69) is 0 Å². The summed E-state index contributed by atoms with van der Waals surface area (Å²) in [5.41, 5.74) is -0.432. The second-order valence-corrected chi connectivity index (χ2v) is 5.17. The van der Waals surface area contributed by atoms with Gasteiger partial charge < -0.3 is 9.84 Å². The number of rotatable bonds is 6. The van der Waals surface area contributed by atoms with E-state index in [-0.39, 0.29) is 18.5 Å². The van der Waals surface area contributed by atoms with Gasteiger partial charge in [0.05, 0.1) is 12.7 Å². The lowest BCUT2D eigenvalue weighted by atomic mass is 9.81. The molecule has 0 amide bonds. The fraction of sp³-hybridized carbons (Fsp3) is 0.643. The van der Waals surface area contributed by atoms with Crippen LogP contribution >= 0.6 is 0 Å². The predicted molar refractivity (Wildman–Crippen MR) is 69.5 cm³/mol. The normalized spacial score (nSPS) is 14.8. The van der Waals surface area contributed by atoms with E-state index >= 15 is 0 Å². The highest BCUT2D eigenvalue weighted by atomic mass is 16.5. The van der Waals surface area contributed by atoms with Crippen molar-refractivity contribution in [3.05, 3.63) is 24.3 Å². The van der Waals surface area contributed by atoms with Gasteiger partial charge in [0.25, 0.3) is 0 Å². The predicted octanol–water partition coefficient (Wildman–Crippen LogP) is 2.71. The summed E-state index contributed by atoms with van der Waals surface area (Å²) in [7, 11) is 0. The van der Waals surface area contributed by atoms with Crippen LogP contribution < -0.4 is 0 Å². The Bertz CT molecular complexity index is 288. The first-order valence-corrected chi connectivity index (χ1v) is 5.95. The molecule has 0 aliphatic carbocycles. The lowest BCUT2D eigenvalue weighted by Crippen LogP contribution is -2.38. The summed E-state index contributed by atoms with van der Waals surface area (Å²) in [5.74, 6) is -0.241. The smallest absolute Gasteiger partial charge is 0.330 e. The molecule has 0 aliphatic rings. The molecule has 0 heterocycles.